The molecule has 2 aromatic rings. The highest BCUT2D eigenvalue weighted by molar-refractivity contribution is 5.86. The van der Waals surface area contributed by atoms with Crippen molar-refractivity contribution in [3.8, 4) is 0 Å². The summed E-state index contributed by atoms with van der Waals surface area (Å²) in [4.78, 5) is 11.3. The highest BCUT2D eigenvalue weighted by atomic mass is 16.5. The maximum Gasteiger partial charge on any atom is 0.358 e. The number of aromatic carboxylic acids is 1. The highest BCUT2D eigenvalue weighted by Gasteiger charge is 2.20. The molecule has 112 valence electrons. The molecule has 0 amide bonds. The van der Waals surface area contributed by atoms with Gasteiger partial charge in [0.2, 0.25) is 0 Å². The molecule has 0 saturated heterocycles. The van der Waals surface area contributed by atoms with Crippen LogP contribution in [-0.4, -0.2) is 39.3 Å². The van der Waals surface area contributed by atoms with Crippen molar-refractivity contribution < 1.29 is 14.6 Å². The van der Waals surface area contributed by atoms with E-state index in [4.69, 9.17) is 4.74 Å². The zero-order valence-electron chi connectivity index (χ0n) is 12.4. The summed E-state index contributed by atoms with van der Waals surface area (Å²) in [7, 11) is 1.61. The molecule has 1 heterocycles. The normalized spacial score (nSPS) is 12.3. The van der Waals surface area contributed by atoms with Gasteiger partial charge in [-0.1, -0.05) is 35.0 Å². The molecule has 0 saturated carbocycles. The molecule has 2 rings (SSSR count). The number of carboxylic acids is 1. The van der Waals surface area contributed by atoms with Gasteiger partial charge in [0.05, 0.1) is 18.3 Å². The van der Waals surface area contributed by atoms with E-state index in [1.54, 1.807) is 11.8 Å². The molecular weight excluding hydrogens is 270 g/mol. The molecule has 0 radical (unpaired) electrons. The van der Waals surface area contributed by atoms with Gasteiger partial charge in [-0.2, -0.15) is 0 Å². The third-order valence-electron chi connectivity index (χ3n) is 3.33. The Morgan fingerprint density at radius 1 is 1.48 bits per heavy atom. The molecular formula is C15H19N3O3. The van der Waals surface area contributed by atoms with Crippen molar-refractivity contribution in [2.24, 2.45) is 0 Å². The predicted molar refractivity (Wildman–Crippen MR) is 77.4 cm³/mol. The maximum absolute atomic E-state index is 11.3. The topological polar surface area (TPSA) is 77.2 Å². The van der Waals surface area contributed by atoms with Gasteiger partial charge in [0.25, 0.3) is 0 Å². The first kappa shape index (κ1) is 15.2. The third kappa shape index (κ3) is 3.66. The van der Waals surface area contributed by atoms with E-state index in [1.165, 1.54) is 0 Å². The largest absolute Gasteiger partial charge is 0.476 e. The van der Waals surface area contributed by atoms with Gasteiger partial charge in [-0.05, 0) is 19.4 Å². The average Bonchev–Trinajstić information content (AvgIpc) is 2.82. The Kier molecular flexibility index (Phi) is 4.70. The van der Waals surface area contributed by atoms with Crippen molar-refractivity contribution in [1.29, 1.82) is 0 Å². The van der Waals surface area contributed by atoms with Crippen LogP contribution in [0, 0.1) is 6.92 Å². The summed E-state index contributed by atoms with van der Waals surface area (Å²) < 4.78 is 6.82. The van der Waals surface area contributed by atoms with E-state index >= 15 is 0 Å². The summed E-state index contributed by atoms with van der Waals surface area (Å²) >= 11 is 0. The summed E-state index contributed by atoms with van der Waals surface area (Å²) in [6.45, 7) is 4.38. The van der Waals surface area contributed by atoms with E-state index in [0.29, 0.717) is 18.7 Å². The molecule has 1 N–H and O–H groups in total. The molecule has 1 aromatic heterocycles. The van der Waals surface area contributed by atoms with Gasteiger partial charge in [0.15, 0.2) is 5.69 Å². The molecule has 0 aliphatic carbocycles. The fraction of sp³-hybridized carbons (Fsp3) is 0.400. The van der Waals surface area contributed by atoms with E-state index in [2.05, 4.69) is 10.3 Å². The van der Waals surface area contributed by atoms with Crippen LogP contribution >= 0.6 is 0 Å². The summed E-state index contributed by atoms with van der Waals surface area (Å²) in [5.74, 6) is -1.06. The van der Waals surface area contributed by atoms with Gasteiger partial charge in [-0.15, -0.1) is 5.10 Å². The van der Waals surface area contributed by atoms with Crippen molar-refractivity contribution in [2.75, 3.05) is 7.11 Å². The van der Waals surface area contributed by atoms with Gasteiger partial charge in [0, 0.05) is 13.5 Å². The van der Waals surface area contributed by atoms with E-state index in [9.17, 15) is 9.90 Å². The van der Waals surface area contributed by atoms with Crippen LogP contribution in [0.5, 0.6) is 0 Å². The number of carbonyl (C=O) groups is 1. The number of nitrogens with zero attached hydrogens (tertiary/aromatic N) is 3. The summed E-state index contributed by atoms with van der Waals surface area (Å²) in [6, 6.07) is 7.96. The number of ether oxygens (including phenoxy) is 1. The predicted octanol–water partition coefficient (Wildman–Crippen LogP) is 1.91. The number of aryl methyl sites for hydroxylation is 1. The van der Waals surface area contributed by atoms with E-state index in [1.807, 2.05) is 38.1 Å². The van der Waals surface area contributed by atoms with Crippen LogP contribution in [0.1, 0.15) is 34.2 Å². The lowest BCUT2D eigenvalue weighted by molar-refractivity contribution is 0.0688. The van der Waals surface area contributed by atoms with Gasteiger partial charge in [-0.3, -0.25) is 0 Å². The lowest BCUT2D eigenvalue weighted by Crippen LogP contribution is -2.18. The van der Waals surface area contributed by atoms with Crippen LogP contribution in [0.4, 0.5) is 0 Å². The van der Waals surface area contributed by atoms with Crippen LogP contribution in [0.3, 0.4) is 0 Å². The second-order valence-electron chi connectivity index (χ2n) is 5.08. The standard InChI is InChI=1S/C15H19N3O3/c1-10-5-4-6-12(7-10)8-13-14(15(19)20)16-17-18(13)9-11(2)21-3/h4-7,11H,8-9H2,1-3H3,(H,19,20). The number of methoxy groups -OCH3 is 1. The number of benzene rings is 1. The van der Waals surface area contributed by atoms with Crippen molar-refractivity contribution in [1.82, 2.24) is 15.0 Å². The number of carboxylic acid groups (broad SMARTS) is 1. The van der Waals surface area contributed by atoms with Crippen molar-refractivity contribution in [3.63, 3.8) is 0 Å². The highest BCUT2D eigenvalue weighted by Crippen LogP contribution is 2.15. The minimum absolute atomic E-state index is 0.000177. The minimum Gasteiger partial charge on any atom is -0.476 e. The van der Waals surface area contributed by atoms with Crippen LogP contribution in [0.15, 0.2) is 24.3 Å². The lowest BCUT2D eigenvalue weighted by Gasteiger charge is -2.12. The first-order valence-electron chi connectivity index (χ1n) is 6.75. The monoisotopic (exact) mass is 289 g/mol. The van der Waals surface area contributed by atoms with Crippen LogP contribution in [-0.2, 0) is 17.7 Å². The van der Waals surface area contributed by atoms with Crippen molar-refractivity contribution in [3.05, 3.63) is 46.8 Å². The molecule has 0 bridgehead atoms. The summed E-state index contributed by atoms with van der Waals surface area (Å²) in [6.07, 6.45) is 0.414. The number of aromatic nitrogens is 3. The molecule has 1 aromatic carbocycles. The summed E-state index contributed by atoms with van der Waals surface area (Å²) in [5.41, 5.74) is 2.76. The van der Waals surface area contributed by atoms with Crippen molar-refractivity contribution >= 4 is 5.97 Å². The SMILES string of the molecule is COC(C)Cn1nnc(C(=O)O)c1Cc1cccc(C)c1. The molecule has 0 aliphatic heterocycles. The average molecular weight is 289 g/mol. The Bertz CT molecular complexity index is 637. The molecule has 1 unspecified atom stereocenters. The molecule has 21 heavy (non-hydrogen) atoms. The molecule has 6 nitrogen and oxygen atoms in total. The van der Waals surface area contributed by atoms with Crippen molar-refractivity contribution in [2.45, 2.75) is 32.9 Å². The van der Waals surface area contributed by atoms with E-state index in [0.717, 1.165) is 11.1 Å². The molecule has 6 heteroatoms. The first-order chi connectivity index (χ1) is 10.0. The zero-order valence-corrected chi connectivity index (χ0v) is 12.4. The van der Waals surface area contributed by atoms with Gasteiger partial charge in [0.1, 0.15) is 0 Å². The molecule has 0 spiro atoms. The smallest absolute Gasteiger partial charge is 0.358 e. The summed E-state index contributed by atoms with van der Waals surface area (Å²) in [5, 5.41) is 17.0. The number of rotatable bonds is 6. The minimum atomic E-state index is -1.06. The fourth-order valence-corrected chi connectivity index (χ4v) is 2.15. The van der Waals surface area contributed by atoms with Gasteiger partial charge >= 0.3 is 5.97 Å². The van der Waals surface area contributed by atoms with Crippen LogP contribution < -0.4 is 0 Å². The number of hydrogen-bond acceptors (Lipinski definition) is 4. The Morgan fingerprint density at radius 3 is 2.86 bits per heavy atom. The van der Waals surface area contributed by atoms with Crippen LogP contribution in [0.2, 0.25) is 0 Å². The third-order valence-corrected chi connectivity index (χ3v) is 3.33. The Hall–Kier alpha value is -2.21. The zero-order chi connectivity index (χ0) is 15.4. The Balaban J connectivity index is 2.34. The quantitative estimate of drug-likeness (QED) is 0.879. The second-order valence-corrected chi connectivity index (χ2v) is 5.08. The van der Waals surface area contributed by atoms with Crippen LogP contribution in [0.25, 0.3) is 0 Å². The van der Waals surface area contributed by atoms with Gasteiger partial charge in [-0.25, -0.2) is 9.48 Å². The van der Waals surface area contributed by atoms with E-state index < -0.39 is 5.97 Å². The Morgan fingerprint density at radius 2 is 2.24 bits per heavy atom. The number of hydrogen-bond donors (Lipinski definition) is 1. The fourth-order valence-electron chi connectivity index (χ4n) is 2.15. The van der Waals surface area contributed by atoms with E-state index in [-0.39, 0.29) is 11.8 Å². The Labute approximate surface area is 123 Å². The molecule has 1 atom stereocenters. The molecule has 0 fully saturated rings. The lowest BCUT2D eigenvalue weighted by atomic mass is 10.1. The maximum atomic E-state index is 11.3. The second kappa shape index (κ2) is 6.49. The van der Waals surface area contributed by atoms with Gasteiger partial charge < -0.3 is 9.84 Å². The molecule has 0 aliphatic rings. The first-order valence-corrected chi connectivity index (χ1v) is 6.75.